The van der Waals surface area contributed by atoms with Crippen LogP contribution in [0.2, 0.25) is 0 Å². The first-order valence-electron chi connectivity index (χ1n) is 8.39. The summed E-state index contributed by atoms with van der Waals surface area (Å²) in [5.74, 6) is 0.0902. The van der Waals surface area contributed by atoms with E-state index in [-0.39, 0.29) is 11.8 Å². The zero-order valence-corrected chi connectivity index (χ0v) is 14.7. The highest BCUT2D eigenvalue weighted by Crippen LogP contribution is 2.32. The van der Waals surface area contributed by atoms with Crippen LogP contribution < -0.4 is 10.9 Å². The SMILES string of the molecule is CC1CCc2c(C(=O)NNC(=O)c3c[nH]c4ccccc34)csc2C1. The van der Waals surface area contributed by atoms with E-state index in [1.165, 1.54) is 4.88 Å². The number of rotatable bonds is 2. The number of para-hydroxylation sites is 1. The van der Waals surface area contributed by atoms with Crippen molar-refractivity contribution in [2.45, 2.75) is 26.2 Å². The fraction of sp³-hybridized carbons (Fsp3) is 0.263. The number of hydrogen-bond donors (Lipinski definition) is 3. The summed E-state index contributed by atoms with van der Waals surface area (Å²) >= 11 is 1.64. The van der Waals surface area contributed by atoms with E-state index in [0.717, 1.165) is 35.7 Å². The van der Waals surface area contributed by atoms with Crippen molar-refractivity contribution in [2.75, 3.05) is 0 Å². The Labute approximate surface area is 149 Å². The van der Waals surface area contributed by atoms with Gasteiger partial charge in [0.15, 0.2) is 0 Å². The van der Waals surface area contributed by atoms with Gasteiger partial charge in [0.2, 0.25) is 0 Å². The van der Waals surface area contributed by atoms with Crippen LogP contribution in [0.1, 0.15) is 44.5 Å². The van der Waals surface area contributed by atoms with Crippen molar-refractivity contribution in [1.82, 2.24) is 15.8 Å². The highest BCUT2D eigenvalue weighted by Gasteiger charge is 2.23. The van der Waals surface area contributed by atoms with E-state index >= 15 is 0 Å². The summed E-state index contributed by atoms with van der Waals surface area (Å²) in [6, 6.07) is 7.56. The van der Waals surface area contributed by atoms with Gasteiger partial charge in [-0.2, -0.15) is 0 Å². The normalized spacial score (nSPS) is 16.4. The lowest BCUT2D eigenvalue weighted by molar-refractivity contribution is 0.0847. The molecule has 2 aromatic heterocycles. The molecule has 0 radical (unpaired) electrons. The maximum Gasteiger partial charge on any atom is 0.271 e. The number of amides is 2. The Balaban J connectivity index is 1.46. The first-order chi connectivity index (χ1) is 12.1. The molecule has 4 rings (SSSR count). The van der Waals surface area contributed by atoms with Crippen molar-refractivity contribution in [3.05, 3.63) is 57.4 Å². The first-order valence-corrected chi connectivity index (χ1v) is 9.27. The van der Waals surface area contributed by atoms with Crippen molar-refractivity contribution >= 4 is 34.1 Å². The molecule has 1 aliphatic rings. The van der Waals surface area contributed by atoms with Crippen LogP contribution in [0, 0.1) is 5.92 Å². The number of thiophene rings is 1. The standard InChI is InChI=1S/C19H19N3O2S/c1-11-6-7-13-15(10-25-17(13)8-11)19(24)22-21-18(23)14-9-20-16-5-3-2-4-12(14)16/h2-5,9-11,20H,6-8H2,1H3,(H,21,23)(H,22,24). The van der Waals surface area contributed by atoms with Crippen LogP contribution in [0.3, 0.4) is 0 Å². The smallest absolute Gasteiger partial charge is 0.271 e. The third-order valence-corrected chi connectivity index (χ3v) is 5.82. The molecule has 6 heteroatoms. The van der Waals surface area contributed by atoms with Gasteiger partial charge >= 0.3 is 0 Å². The Morgan fingerprint density at radius 3 is 2.76 bits per heavy atom. The lowest BCUT2D eigenvalue weighted by Gasteiger charge is -2.18. The molecule has 1 atom stereocenters. The maximum absolute atomic E-state index is 12.5. The highest BCUT2D eigenvalue weighted by atomic mass is 32.1. The second-order valence-corrected chi connectivity index (χ2v) is 7.52. The number of H-pyrrole nitrogens is 1. The zero-order valence-electron chi connectivity index (χ0n) is 13.9. The number of hydrogen-bond acceptors (Lipinski definition) is 3. The Bertz CT molecular complexity index is 957. The summed E-state index contributed by atoms with van der Waals surface area (Å²) in [7, 11) is 0. The molecule has 1 aliphatic carbocycles. The molecule has 0 saturated heterocycles. The molecule has 25 heavy (non-hydrogen) atoms. The summed E-state index contributed by atoms with van der Waals surface area (Å²) in [4.78, 5) is 29.2. The summed E-state index contributed by atoms with van der Waals surface area (Å²) in [5.41, 5.74) is 8.31. The zero-order chi connectivity index (χ0) is 17.4. The summed E-state index contributed by atoms with van der Waals surface area (Å²) in [5, 5.41) is 2.73. The van der Waals surface area contributed by atoms with Crippen molar-refractivity contribution in [3.63, 3.8) is 0 Å². The minimum absolute atomic E-state index is 0.250. The van der Waals surface area contributed by atoms with Gasteiger partial charge in [-0.1, -0.05) is 25.1 Å². The molecule has 2 amide bonds. The molecule has 0 aliphatic heterocycles. The van der Waals surface area contributed by atoms with E-state index in [2.05, 4.69) is 22.8 Å². The van der Waals surface area contributed by atoms with E-state index in [1.807, 2.05) is 29.6 Å². The van der Waals surface area contributed by atoms with Crippen molar-refractivity contribution in [1.29, 1.82) is 0 Å². The fourth-order valence-electron chi connectivity index (χ4n) is 3.38. The topological polar surface area (TPSA) is 74.0 Å². The van der Waals surface area contributed by atoms with Gasteiger partial charge in [0.1, 0.15) is 0 Å². The average Bonchev–Trinajstić information content (AvgIpc) is 3.23. The van der Waals surface area contributed by atoms with E-state index in [9.17, 15) is 9.59 Å². The fourth-order valence-corrected chi connectivity index (χ4v) is 4.62. The van der Waals surface area contributed by atoms with Gasteiger partial charge in [-0.15, -0.1) is 11.3 Å². The molecule has 5 nitrogen and oxygen atoms in total. The largest absolute Gasteiger partial charge is 0.360 e. The molecule has 0 spiro atoms. The Kier molecular flexibility index (Phi) is 4.05. The minimum Gasteiger partial charge on any atom is -0.360 e. The summed E-state index contributed by atoms with van der Waals surface area (Å²) < 4.78 is 0. The second kappa shape index (κ2) is 6.37. The van der Waals surface area contributed by atoms with Crippen molar-refractivity contribution in [3.8, 4) is 0 Å². The molecule has 2 heterocycles. The van der Waals surface area contributed by atoms with Crippen LogP contribution >= 0.6 is 11.3 Å². The molecule has 1 aromatic carbocycles. The maximum atomic E-state index is 12.5. The first kappa shape index (κ1) is 15.9. The molecule has 1 unspecified atom stereocenters. The minimum atomic E-state index is -0.330. The molecule has 3 N–H and O–H groups in total. The van der Waals surface area contributed by atoms with Gasteiger partial charge in [-0.05, 0) is 36.8 Å². The molecule has 0 saturated carbocycles. The number of fused-ring (bicyclic) bond motifs is 2. The third kappa shape index (κ3) is 2.93. The quantitative estimate of drug-likeness (QED) is 0.618. The monoisotopic (exact) mass is 353 g/mol. The Hall–Kier alpha value is -2.60. The predicted octanol–water partition coefficient (Wildman–Crippen LogP) is 3.43. The lowest BCUT2D eigenvalue weighted by atomic mass is 9.88. The number of hydrazine groups is 1. The number of nitrogens with one attached hydrogen (secondary N) is 3. The van der Waals surface area contributed by atoms with Crippen molar-refractivity contribution in [2.24, 2.45) is 5.92 Å². The summed E-state index contributed by atoms with van der Waals surface area (Å²) in [6.45, 7) is 2.24. The van der Waals surface area contributed by atoms with Gasteiger partial charge in [-0.25, -0.2) is 0 Å². The molecular formula is C19H19N3O2S. The average molecular weight is 353 g/mol. The highest BCUT2D eigenvalue weighted by molar-refractivity contribution is 7.10. The Morgan fingerprint density at radius 2 is 1.92 bits per heavy atom. The predicted molar refractivity (Wildman–Crippen MR) is 98.7 cm³/mol. The van der Waals surface area contributed by atoms with Gasteiger partial charge in [0.25, 0.3) is 11.8 Å². The molecule has 3 aromatic rings. The van der Waals surface area contributed by atoms with Gasteiger partial charge in [0, 0.05) is 27.4 Å². The molecule has 128 valence electrons. The van der Waals surface area contributed by atoms with Crippen LogP contribution in [-0.4, -0.2) is 16.8 Å². The van der Waals surface area contributed by atoms with Crippen LogP contribution in [0.5, 0.6) is 0 Å². The lowest BCUT2D eigenvalue weighted by Crippen LogP contribution is -2.41. The number of benzene rings is 1. The number of aromatic amines is 1. The summed E-state index contributed by atoms with van der Waals surface area (Å²) in [6.07, 6.45) is 4.72. The number of aromatic nitrogens is 1. The van der Waals surface area contributed by atoms with Crippen LogP contribution in [-0.2, 0) is 12.8 Å². The molecule has 0 bridgehead atoms. The Morgan fingerprint density at radius 1 is 1.16 bits per heavy atom. The van der Waals surface area contributed by atoms with Crippen LogP contribution in [0.4, 0.5) is 0 Å². The molecule has 0 fully saturated rings. The van der Waals surface area contributed by atoms with E-state index < -0.39 is 0 Å². The van der Waals surface area contributed by atoms with E-state index in [4.69, 9.17) is 0 Å². The van der Waals surface area contributed by atoms with Crippen molar-refractivity contribution < 1.29 is 9.59 Å². The number of carbonyl (C=O) groups is 2. The van der Waals surface area contributed by atoms with Gasteiger partial charge in [-0.3, -0.25) is 20.4 Å². The number of carbonyl (C=O) groups excluding carboxylic acids is 2. The second-order valence-electron chi connectivity index (χ2n) is 6.56. The van der Waals surface area contributed by atoms with E-state index in [1.54, 1.807) is 17.5 Å². The van der Waals surface area contributed by atoms with Crippen LogP contribution in [0.15, 0.2) is 35.8 Å². The van der Waals surface area contributed by atoms with Crippen LogP contribution in [0.25, 0.3) is 10.9 Å². The van der Waals surface area contributed by atoms with E-state index in [0.29, 0.717) is 17.0 Å². The van der Waals surface area contributed by atoms with Gasteiger partial charge in [0.05, 0.1) is 11.1 Å². The van der Waals surface area contributed by atoms with Gasteiger partial charge < -0.3 is 4.98 Å². The third-order valence-electron chi connectivity index (χ3n) is 4.77. The molecular weight excluding hydrogens is 334 g/mol.